The lowest BCUT2D eigenvalue weighted by Crippen LogP contribution is -2.54. The minimum absolute atomic E-state index is 0.0322. The minimum Gasteiger partial charge on any atom is -0.352 e. The van der Waals surface area contributed by atoms with Gasteiger partial charge < -0.3 is 10.2 Å². The molecule has 0 aliphatic rings. The first-order chi connectivity index (χ1) is 22.0. The lowest BCUT2D eigenvalue weighted by atomic mass is 10.0. The number of carbonyl (C=O) groups excluding carboxylic acids is 2. The van der Waals surface area contributed by atoms with Crippen molar-refractivity contribution in [2.24, 2.45) is 0 Å². The van der Waals surface area contributed by atoms with E-state index >= 15 is 0 Å². The number of amides is 2. The molecule has 4 aromatic carbocycles. The van der Waals surface area contributed by atoms with Gasteiger partial charge in [-0.2, -0.15) is 0 Å². The van der Waals surface area contributed by atoms with E-state index in [-0.39, 0.29) is 35.3 Å². The Balaban J connectivity index is 1.83. The van der Waals surface area contributed by atoms with Gasteiger partial charge in [-0.05, 0) is 54.8 Å². The van der Waals surface area contributed by atoms with Gasteiger partial charge in [-0.3, -0.25) is 24.0 Å². The Morgan fingerprint density at radius 3 is 2.13 bits per heavy atom. The van der Waals surface area contributed by atoms with Crippen LogP contribution in [0.4, 0.5) is 11.4 Å². The summed E-state index contributed by atoms with van der Waals surface area (Å²) in [5.74, 6) is -1.07. The fourth-order valence-corrected chi connectivity index (χ4v) is 6.34. The molecule has 0 aromatic heterocycles. The summed E-state index contributed by atoms with van der Waals surface area (Å²) in [6, 6.07) is 27.4. The fourth-order valence-electron chi connectivity index (χ4n) is 4.79. The molecular formula is C34H35ClN4O6S. The Morgan fingerprint density at radius 2 is 1.52 bits per heavy atom. The normalized spacial score (nSPS) is 12.5. The number of rotatable bonds is 14. The number of hydrogen-bond acceptors (Lipinski definition) is 6. The Bertz CT molecular complexity index is 1760. The van der Waals surface area contributed by atoms with E-state index < -0.39 is 39.3 Å². The molecule has 10 nitrogen and oxygen atoms in total. The third-order valence-electron chi connectivity index (χ3n) is 7.48. The number of nitrogens with zero attached hydrogens (tertiary/aromatic N) is 3. The van der Waals surface area contributed by atoms with Crippen LogP contribution in [0.1, 0.15) is 31.4 Å². The predicted octanol–water partition coefficient (Wildman–Crippen LogP) is 6.00. The van der Waals surface area contributed by atoms with Crippen LogP contribution >= 0.6 is 11.6 Å². The smallest absolute Gasteiger partial charge is 0.271 e. The summed E-state index contributed by atoms with van der Waals surface area (Å²) in [4.78, 5) is 40.6. The maximum absolute atomic E-state index is 14.5. The summed E-state index contributed by atoms with van der Waals surface area (Å²) in [5.41, 5.74) is 1.06. The maximum Gasteiger partial charge on any atom is 0.271 e. The third-order valence-corrected chi connectivity index (χ3v) is 9.52. The average Bonchev–Trinajstić information content (AvgIpc) is 3.06. The van der Waals surface area contributed by atoms with Crippen molar-refractivity contribution in [2.75, 3.05) is 10.8 Å². The molecule has 0 radical (unpaired) electrons. The highest BCUT2D eigenvalue weighted by Crippen LogP contribution is 2.28. The summed E-state index contributed by atoms with van der Waals surface area (Å²) in [5, 5.41) is 15.1. The first-order valence-electron chi connectivity index (χ1n) is 14.7. The number of nitrogens with one attached hydrogen (secondary N) is 1. The monoisotopic (exact) mass is 662 g/mol. The van der Waals surface area contributed by atoms with Gasteiger partial charge in [0.2, 0.25) is 11.8 Å². The van der Waals surface area contributed by atoms with Crippen LogP contribution in [-0.2, 0) is 32.6 Å². The van der Waals surface area contributed by atoms with Gasteiger partial charge in [0.05, 0.1) is 15.5 Å². The zero-order chi connectivity index (χ0) is 33.3. The van der Waals surface area contributed by atoms with E-state index in [1.165, 1.54) is 35.2 Å². The summed E-state index contributed by atoms with van der Waals surface area (Å²) < 4.78 is 28.9. The summed E-state index contributed by atoms with van der Waals surface area (Å²) in [6.45, 7) is 3.03. The van der Waals surface area contributed by atoms with Crippen LogP contribution in [0, 0.1) is 10.1 Å². The highest BCUT2D eigenvalue weighted by molar-refractivity contribution is 7.92. The van der Waals surface area contributed by atoms with Crippen LogP contribution in [0.2, 0.25) is 5.02 Å². The molecule has 4 rings (SSSR count). The molecule has 2 atom stereocenters. The van der Waals surface area contributed by atoms with E-state index in [1.54, 1.807) is 42.5 Å². The first kappa shape index (κ1) is 34.1. The van der Waals surface area contributed by atoms with E-state index in [2.05, 4.69) is 5.32 Å². The van der Waals surface area contributed by atoms with E-state index in [0.717, 1.165) is 15.9 Å². The predicted molar refractivity (Wildman–Crippen MR) is 178 cm³/mol. The van der Waals surface area contributed by atoms with E-state index in [4.69, 9.17) is 11.6 Å². The van der Waals surface area contributed by atoms with Crippen molar-refractivity contribution >= 4 is 44.8 Å². The number of nitro benzene ring substituents is 1. The number of sulfonamides is 1. The second-order valence-corrected chi connectivity index (χ2v) is 13.1. The van der Waals surface area contributed by atoms with Crippen molar-refractivity contribution in [3.8, 4) is 0 Å². The number of anilines is 1. The second-order valence-electron chi connectivity index (χ2n) is 10.8. The number of non-ortho nitro benzene ring substituents is 1. The van der Waals surface area contributed by atoms with Gasteiger partial charge in [0, 0.05) is 36.2 Å². The number of nitro groups is 1. The second kappa shape index (κ2) is 15.5. The highest BCUT2D eigenvalue weighted by atomic mass is 35.5. The SMILES string of the molecule is CC[C@H](C)NC(=O)[C@H](Cc1ccccc1)N(Cc1ccc(Cl)cc1)C(=O)CN(c1cccc([N+](=O)[O-])c1)S(=O)(=O)c1ccccc1. The van der Waals surface area contributed by atoms with Crippen LogP contribution in [-0.4, -0.2) is 48.7 Å². The van der Waals surface area contributed by atoms with E-state index in [0.29, 0.717) is 17.0 Å². The van der Waals surface area contributed by atoms with Gasteiger partial charge in [0.1, 0.15) is 12.6 Å². The molecule has 4 aromatic rings. The molecule has 0 saturated carbocycles. The lowest BCUT2D eigenvalue weighted by Gasteiger charge is -2.34. The molecule has 0 bridgehead atoms. The molecule has 0 saturated heterocycles. The molecule has 1 N–H and O–H groups in total. The van der Waals surface area contributed by atoms with Crippen LogP contribution in [0.5, 0.6) is 0 Å². The Hall–Kier alpha value is -4.74. The van der Waals surface area contributed by atoms with Gasteiger partial charge in [-0.15, -0.1) is 0 Å². The molecule has 0 spiro atoms. The molecule has 12 heteroatoms. The van der Waals surface area contributed by atoms with E-state index in [9.17, 15) is 28.1 Å². The molecule has 0 heterocycles. The number of benzene rings is 4. The minimum atomic E-state index is -4.39. The van der Waals surface area contributed by atoms with Gasteiger partial charge in [-0.1, -0.05) is 85.3 Å². The number of halogens is 1. The third kappa shape index (κ3) is 8.70. The zero-order valence-corrected chi connectivity index (χ0v) is 27.0. The lowest BCUT2D eigenvalue weighted by molar-refractivity contribution is -0.384. The van der Waals surface area contributed by atoms with Crippen molar-refractivity contribution in [3.63, 3.8) is 0 Å². The fraction of sp³-hybridized carbons (Fsp3) is 0.235. The van der Waals surface area contributed by atoms with Crippen LogP contribution in [0.25, 0.3) is 0 Å². The largest absolute Gasteiger partial charge is 0.352 e. The summed E-state index contributed by atoms with van der Waals surface area (Å²) in [7, 11) is -4.39. The topological polar surface area (TPSA) is 130 Å². The van der Waals surface area contributed by atoms with Crippen molar-refractivity contribution < 1.29 is 22.9 Å². The van der Waals surface area contributed by atoms with Gasteiger partial charge in [-0.25, -0.2) is 8.42 Å². The van der Waals surface area contributed by atoms with Gasteiger partial charge >= 0.3 is 0 Å². The molecule has 46 heavy (non-hydrogen) atoms. The van der Waals surface area contributed by atoms with Crippen LogP contribution in [0.3, 0.4) is 0 Å². The quantitative estimate of drug-likeness (QED) is 0.130. The van der Waals surface area contributed by atoms with Crippen molar-refractivity contribution in [1.82, 2.24) is 10.2 Å². The summed E-state index contributed by atoms with van der Waals surface area (Å²) >= 11 is 6.12. The molecule has 0 fully saturated rings. The number of hydrogen-bond donors (Lipinski definition) is 1. The zero-order valence-electron chi connectivity index (χ0n) is 25.5. The summed E-state index contributed by atoms with van der Waals surface area (Å²) in [6.07, 6.45) is 0.815. The van der Waals surface area contributed by atoms with Gasteiger partial charge in [0.25, 0.3) is 15.7 Å². The standard InChI is InChI=1S/C34H35ClN4O6S/c1-3-25(2)36-34(41)32(21-26-11-6-4-7-12-26)37(23-27-17-19-28(35)20-18-27)33(40)24-38(29-13-10-14-30(22-29)39(42)43)46(44,45)31-15-8-5-9-16-31/h4-20,22,25,32H,3,21,23-24H2,1-2H3,(H,36,41)/t25-,32-/m0/s1. The van der Waals surface area contributed by atoms with Crippen molar-refractivity contribution in [2.45, 2.75) is 50.2 Å². The molecule has 0 aliphatic heterocycles. The van der Waals surface area contributed by atoms with Crippen LogP contribution in [0.15, 0.2) is 114 Å². The highest BCUT2D eigenvalue weighted by Gasteiger charge is 2.35. The van der Waals surface area contributed by atoms with Crippen molar-refractivity contribution in [3.05, 3.63) is 135 Å². The van der Waals surface area contributed by atoms with E-state index in [1.807, 2.05) is 44.2 Å². The molecule has 0 unspecified atom stereocenters. The average molecular weight is 663 g/mol. The number of carbonyl (C=O) groups is 2. The van der Waals surface area contributed by atoms with Gasteiger partial charge in [0.15, 0.2) is 0 Å². The Morgan fingerprint density at radius 1 is 0.891 bits per heavy atom. The Labute approximate surface area is 273 Å². The molecule has 0 aliphatic carbocycles. The Kier molecular flexibility index (Phi) is 11.5. The molecular weight excluding hydrogens is 628 g/mol. The molecule has 2 amide bonds. The molecule has 240 valence electrons. The van der Waals surface area contributed by atoms with Crippen molar-refractivity contribution in [1.29, 1.82) is 0 Å². The van der Waals surface area contributed by atoms with Crippen LogP contribution < -0.4 is 9.62 Å². The maximum atomic E-state index is 14.5. The first-order valence-corrected chi connectivity index (χ1v) is 16.5.